The van der Waals surface area contributed by atoms with Gasteiger partial charge in [0.05, 0.1) is 0 Å². The largest absolute Gasteiger partial charge is 0.350 e. The molecule has 0 radical (unpaired) electrons. The van der Waals surface area contributed by atoms with Crippen LogP contribution in [-0.4, -0.2) is 26.1 Å². The summed E-state index contributed by atoms with van der Waals surface area (Å²) in [5, 5.41) is 0. The van der Waals surface area contributed by atoms with Crippen LogP contribution < -0.4 is 0 Å². The Hall–Kier alpha value is -0.580. The molecule has 0 atom stereocenters. The minimum absolute atomic E-state index is 0.244. The van der Waals surface area contributed by atoms with Gasteiger partial charge in [-0.15, -0.1) is 0 Å². The monoisotopic (exact) mass is 176 g/mol. The van der Waals surface area contributed by atoms with E-state index < -0.39 is 0 Å². The summed E-state index contributed by atoms with van der Waals surface area (Å²) in [7, 11) is 0. The Balaban J connectivity index is 3.40. The predicted octanol–water partition coefficient (Wildman–Crippen LogP) is 1.48. The second-order valence-corrected chi connectivity index (χ2v) is 1.89. The quantitative estimate of drug-likeness (QED) is 0.184. The first kappa shape index (κ1) is 11.4. The summed E-state index contributed by atoms with van der Waals surface area (Å²) >= 11 is 0. The third-order valence-corrected chi connectivity index (χ3v) is 1.05. The molecule has 0 aromatic rings. The zero-order valence-corrected chi connectivity index (χ0v) is 7.62. The van der Waals surface area contributed by atoms with E-state index in [-0.39, 0.29) is 12.9 Å². The van der Waals surface area contributed by atoms with Crippen molar-refractivity contribution in [3.05, 3.63) is 12.8 Å². The van der Waals surface area contributed by atoms with Crippen molar-refractivity contribution in [3.8, 4) is 0 Å². The lowest BCUT2D eigenvalue weighted by Crippen LogP contribution is -2.23. The lowest BCUT2D eigenvalue weighted by Gasteiger charge is -2.15. The fourth-order valence-electron chi connectivity index (χ4n) is 0.659. The van der Waals surface area contributed by atoms with Crippen LogP contribution in [0.3, 0.4) is 0 Å². The minimum atomic E-state index is -0.361. The second kappa shape index (κ2) is 8.52. The third kappa shape index (κ3) is 6.15. The highest BCUT2D eigenvalue weighted by atomic mass is 17.2. The van der Waals surface area contributed by atoms with E-state index in [2.05, 4.69) is 16.4 Å². The van der Waals surface area contributed by atoms with Crippen molar-refractivity contribution in [2.75, 3.05) is 19.8 Å². The Bertz CT molecular complexity index is 99.2. The molecule has 0 N–H and O–H groups in total. The van der Waals surface area contributed by atoms with E-state index in [1.165, 1.54) is 6.26 Å². The number of rotatable bonds is 8. The lowest BCUT2D eigenvalue weighted by molar-refractivity contribution is -0.295. The zero-order chi connectivity index (χ0) is 9.23. The maximum absolute atomic E-state index is 5.17. The van der Waals surface area contributed by atoms with Gasteiger partial charge in [0, 0.05) is 13.2 Å². The van der Waals surface area contributed by atoms with Gasteiger partial charge >= 0.3 is 0 Å². The van der Waals surface area contributed by atoms with Gasteiger partial charge in [0.2, 0.25) is 0 Å². The standard InChI is InChI=1S/C8H16O4/c1-4-9-8(10-5-2)7-12-11-6-3/h6,8H,3-5,7H2,1-2H3. The van der Waals surface area contributed by atoms with Crippen LogP contribution in [0.25, 0.3) is 0 Å². The Morgan fingerprint density at radius 2 is 1.83 bits per heavy atom. The van der Waals surface area contributed by atoms with Crippen LogP contribution in [0.4, 0.5) is 0 Å². The average molecular weight is 176 g/mol. The van der Waals surface area contributed by atoms with Gasteiger partial charge in [-0.05, 0) is 13.8 Å². The van der Waals surface area contributed by atoms with E-state index in [1.54, 1.807) is 0 Å². The minimum Gasteiger partial charge on any atom is -0.350 e. The van der Waals surface area contributed by atoms with Gasteiger partial charge in [0.15, 0.2) is 6.29 Å². The molecule has 0 rings (SSSR count). The molecule has 0 fully saturated rings. The van der Waals surface area contributed by atoms with Gasteiger partial charge in [0.25, 0.3) is 0 Å². The van der Waals surface area contributed by atoms with Gasteiger partial charge < -0.3 is 14.4 Å². The number of hydrogen-bond donors (Lipinski definition) is 0. The Morgan fingerprint density at radius 1 is 1.25 bits per heavy atom. The van der Waals surface area contributed by atoms with E-state index in [1.807, 2.05) is 13.8 Å². The van der Waals surface area contributed by atoms with E-state index in [9.17, 15) is 0 Å². The molecule has 4 nitrogen and oxygen atoms in total. The summed E-state index contributed by atoms with van der Waals surface area (Å²) in [4.78, 5) is 9.14. The Kier molecular flexibility index (Phi) is 8.10. The average Bonchev–Trinajstić information content (AvgIpc) is 2.06. The molecule has 0 spiro atoms. The molecule has 0 aliphatic carbocycles. The fourth-order valence-corrected chi connectivity index (χ4v) is 0.659. The van der Waals surface area contributed by atoms with Crippen LogP contribution in [0.5, 0.6) is 0 Å². The van der Waals surface area contributed by atoms with Crippen LogP contribution in [0.2, 0.25) is 0 Å². The summed E-state index contributed by atoms with van der Waals surface area (Å²) in [5.41, 5.74) is 0. The molecule has 0 saturated carbocycles. The predicted molar refractivity (Wildman–Crippen MR) is 44.3 cm³/mol. The van der Waals surface area contributed by atoms with Gasteiger partial charge in [-0.2, -0.15) is 4.89 Å². The van der Waals surface area contributed by atoms with Crippen LogP contribution in [-0.2, 0) is 19.2 Å². The molecule has 72 valence electrons. The maximum atomic E-state index is 5.17. The smallest absolute Gasteiger partial charge is 0.184 e. The van der Waals surface area contributed by atoms with Crippen molar-refractivity contribution in [1.82, 2.24) is 0 Å². The first-order chi connectivity index (χ1) is 5.85. The highest BCUT2D eigenvalue weighted by Crippen LogP contribution is 1.96. The van der Waals surface area contributed by atoms with E-state index in [0.717, 1.165) is 0 Å². The van der Waals surface area contributed by atoms with Gasteiger partial charge in [-0.25, -0.2) is 0 Å². The molecule has 12 heavy (non-hydrogen) atoms. The molecule has 0 aromatic carbocycles. The number of hydrogen-bond acceptors (Lipinski definition) is 4. The zero-order valence-electron chi connectivity index (χ0n) is 7.62. The maximum Gasteiger partial charge on any atom is 0.184 e. The molecular weight excluding hydrogens is 160 g/mol. The van der Waals surface area contributed by atoms with Crippen LogP contribution in [0.15, 0.2) is 12.8 Å². The molecule has 0 unspecified atom stereocenters. The van der Waals surface area contributed by atoms with Crippen molar-refractivity contribution < 1.29 is 19.2 Å². The van der Waals surface area contributed by atoms with Crippen molar-refractivity contribution >= 4 is 0 Å². The summed E-state index contributed by atoms with van der Waals surface area (Å²) in [6.07, 6.45) is 0.842. The Labute approximate surface area is 73.0 Å². The van der Waals surface area contributed by atoms with Crippen LogP contribution in [0.1, 0.15) is 13.8 Å². The summed E-state index contributed by atoms with van der Waals surface area (Å²) in [5.74, 6) is 0. The molecular formula is C8H16O4. The normalized spacial score (nSPS) is 10.2. The Morgan fingerprint density at radius 3 is 2.25 bits per heavy atom. The first-order valence-electron chi connectivity index (χ1n) is 3.97. The van der Waals surface area contributed by atoms with E-state index in [0.29, 0.717) is 13.2 Å². The molecule has 0 aliphatic heterocycles. The van der Waals surface area contributed by atoms with E-state index in [4.69, 9.17) is 9.47 Å². The number of ether oxygens (including phenoxy) is 2. The molecule has 0 amide bonds. The highest BCUT2D eigenvalue weighted by molar-refractivity contribution is 4.43. The van der Waals surface area contributed by atoms with Gasteiger partial charge in [-0.3, -0.25) is 0 Å². The van der Waals surface area contributed by atoms with Crippen LogP contribution >= 0.6 is 0 Å². The van der Waals surface area contributed by atoms with Crippen molar-refractivity contribution in [2.24, 2.45) is 0 Å². The molecule has 0 bridgehead atoms. The summed E-state index contributed by atoms with van der Waals surface area (Å²) in [6.45, 7) is 8.51. The molecule has 0 saturated heterocycles. The fraction of sp³-hybridized carbons (Fsp3) is 0.750. The molecule has 0 heterocycles. The van der Waals surface area contributed by atoms with Gasteiger partial charge in [-0.1, -0.05) is 6.58 Å². The first-order valence-corrected chi connectivity index (χ1v) is 3.97. The topological polar surface area (TPSA) is 36.9 Å². The van der Waals surface area contributed by atoms with E-state index >= 15 is 0 Å². The SMILES string of the molecule is C=COOCC(OCC)OCC. The van der Waals surface area contributed by atoms with Crippen LogP contribution in [0, 0.1) is 0 Å². The third-order valence-electron chi connectivity index (χ3n) is 1.05. The molecule has 4 heteroatoms. The highest BCUT2D eigenvalue weighted by Gasteiger charge is 2.07. The lowest BCUT2D eigenvalue weighted by atomic mass is 10.6. The molecule has 0 aromatic heterocycles. The van der Waals surface area contributed by atoms with Crippen molar-refractivity contribution in [3.63, 3.8) is 0 Å². The van der Waals surface area contributed by atoms with Crippen molar-refractivity contribution in [1.29, 1.82) is 0 Å². The summed E-state index contributed by atoms with van der Waals surface area (Å²) < 4.78 is 10.3. The summed E-state index contributed by atoms with van der Waals surface area (Å²) in [6, 6.07) is 0. The van der Waals surface area contributed by atoms with Gasteiger partial charge in [0.1, 0.15) is 12.9 Å². The molecule has 0 aliphatic rings. The second-order valence-electron chi connectivity index (χ2n) is 1.89. The van der Waals surface area contributed by atoms with Crippen molar-refractivity contribution in [2.45, 2.75) is 20.1 Å².